The van der Waals surface area contributed by atoms with Gasteiger partial charge in [0.1, 0.15) is 17.3 Å². The molecule has 8 rings (SSSR count). The highest BCUT2D eigenvalue weighted by Crippen LogP contribution is 2.60. The molecular formula is C25H32F2N8O. The molecule has 3 aromatic rings. The fourth-order valence-corrected chi connectivity index (χ4v) is 7.60. The quantitative estimate of drug-likeness (QED) is 0.480. The summed E-state index contributed by atoms with van der Waals surface area (Å²) in [6.45, 7) is 0.199. The standard InChI is InChI=1S/C25H32F2N8O/c1-33-11-19(28-13-33)29-21-17-3-4-35(10-16-9-25(26,27)12-34(16)2)22(17)32-23(31-21)30-20-15-5-14-6-18(20)24(36,7-14)8-15/h3-4,11,13-16,18,20,36H,5-10,12H2,1-2H3,(H2,29,30,31,32)/t14?,15?,16-,18?,20?,24?/m0/s1. The SMILES string of the molecule is CN1CC(F)(F)C[C@H]1Cn1ccc2c(Nc3cn(C)cn3)nc(NC3C4CC5CC3C(O)(C5)C4)nc21. The average Bonchev–Trinajstić information content (AvgIpc) is 3.54. The Labute approximate surface area is 207 Å². The number of nitrogens with one attached hydrogen (secondary N) is 2. The molecule has 36 heavy (non-hydrogen) atoms. The first-order valence-corrected chi connectivity index (χ1v) is 12.8. The van der Waals surface area contributed by atoms with Crippen LogP contribution in [0.5, 0.6) is 0 Å². The number of alkyl halides is 2. The van der Waals surface area contributed by atoms with Gasteiger partial charge in [0.05, 0.1) is 23.9 Å². The van der Waals surface area contributed by atoms with Gasteiger partial charge >= 0.3 is 0 Å². The largest absolute Gasteiger partial charge is 0.389 e. The average molecular weight is 499 g/mol. The lowest BCUT2D eigenvalue weighted by Gasteiger charge is -2.32. The van der Waals surface area contributed by atoms with Gasteiger partial charge in [-0.1, -0.05) is 0 Å². The number of anilines is 3. The van der Waals surface area contributed by atoms with Gasteiger partial charge < -0.3 is 24.9 Å². The van der Waals surface area contributed by atoms with Gasteiger partial charge in [-0.15, -0.1) is 0 Å². The lowest BCUT2D eigenvalue weighted by atomic mass is 9.79. The molecule has 4 aliphatic carbocycles. The molecule has 11 heteroatoms. The number of likely N-dealkylation sites (tertiary alicyclic amines) is 1. The number of hydrogen-bond donors (Lipinski definition) is 3. The van der Waals surface area contributed by atoms with Crippen LogP contribution in [0.4, 0.5) is 26.4 Å². The molecule has 4 bridgehead atoms. The Bertz CT molecular complexity index is 1320. The fourth-order valence-electron chi connectivity index (χ4n) is 7.60. The molecule has 3 aromatic heterocycles. The van der Waals surface area contributed by atoms with Crippen LogP contribution in [-0.2, 0) is 13.6 Å². The predicted octanol–water partition coefficient (Wildman–Crippen LogP) is 3.21. The molecule has 9 nitrogen and oxygen atoms in total. The highest BCUT2D eigenvalue weighted by molar-refractivity contribution is 5.90. The monoisotopic (exact) mass is 498 g/mol. The third-order valence-electron chi connectivity index (χ3n) is 9.02. The van der Waals surface area contributed by atoms with Crippen molar-refractivity contribution in [1.29, 1.82) is 0 Å². The summed E-state index contributed by atoms with van der Waals surface area (Å²) in [5, 5.41) is 18.9. The van der Waals surface area contributed by atoms with Crippen LogP contribution in [0.15, 0.2) is 24.8 Å². The molecule has 1 saturated heterocycles. The van der Waals surface area contributed by atoms with Crippen LogP contribution in [0.3, 0.4) is 0 Å². The van der Waals surface area contributed by atoms with Gasteiger partial charge in [0.15, 0.2) is 0 Å². The van der Waals surface area contributed by atoms with Crippen LogP contribution in [0, 0.1) is 17.8 Å². The zero-order chi connectivity index (χ0) is 24.8. The molecule has 1 aliphatic heterocycles. The molecule has 4 heterocycles. The van der Waals surface area contributed by atoms with E-state index >= 15 is 0 Å². The van der Waals surface area contributed by atoms with E-state index in [1.165, 1.54) is 0 Å². The number of aromatic nitrogens is 5. The second-order valence-electron chi connectivity index (χ2n) is 11.7. The fraction of sp³-hybridized carbons (Fsp3) is 0.640. The zero-order valence-corrected chi connectivity index (χ0v) is 20.5. The summed E-state index contributed by atoms with van der Waals surface area (Å²) in [6.07, 6.45) is 9.25. The maximum atomic E-state index is 14.0. The first-order valence-electron chi connectivity index (χ1n) is 12.8. The Morgan fingerprint density at radius 3 is 2.75 bits per heavy atom. The lowest BCUT2D eigenvalue weighted by molar-refractivity contribution is 0.00980. The number of fused-ring (bicyclic) bond motifs is 1. The Morgan fingerprint density at radius 2 is 2.03 bits per heavy atom. The molecule has 0 aromatic carbocycles. The van der Waals surface area contributed by atoms with Crippen molar-refractivity contribution in [3.63, 3.8) is 0 Å². The van der Waals surface area contributed by atoms with Crippen LogP contribution in [0.2, 0.25) is 0 Å². The Hall–Kier alpha value is -2.79. The van der Waals surface area contributed by atoms with Crippen LogP contribution in [0.25, 0.3) is 11.0 Å². The van der Waals surface area contributed by atoms with Crippen molar-refractivity contribution in [2.75, 3.05) is 24.2 Å². The molecule has 6 atom stereocenters. The second kappa shape index (κ2) is 7.61. The first-order chi connectivity index (χ1) is 17.2. The van der Waals surface area contributed by atoms with Crippen molar-refractivity contribution in [3.8, 4) is 0 Å². The lowest BCUT2D eigenvalue weighted by Crippen LogP contribution is -2.37. The van der Waals surface area contributed by atoms with Crippen molar-refractivity contribution in [1.82, 2.24) is 29.0 Å². The van der Waals surface area contributed by atoms with Gasteiger partial charge in [0, 0.05) is 50.4 Å². The Balaban J connectivity index is 1.24. The normalized spacial score (nSPS) is 34.8. The Kier molecular flexibility index (Phi) is 4.74. The van der Waals surface area contributed by atoms with Crippen molar-refractivity contribution in [2.45, 2.75) is 62.3 Å². The number of halogens is 2. The summed E-state index contributed by atoms with van der Waals surface area (Å²) in [7, 11) is 3.65. The summed E-state index contributed by atoms with van der Waals surface area (Å²) in [6, 6.07) is 1.79. The summed E-state index contributed by atoms with van der Waals surface area (Å²) in [5.41, 5.74) is 0.129. The maximum Gasteiger partial charge on any atom is 0.262 e. The molecule has 3 N–H and O–H groups in total. The van der Waals surface area contributed by atoms with Gasteiger partial charge in [0.2, 0.25) is 5.95 Å². The molecule has 5 unspecified atom stereocenters. The number of hydrogen-bond acceptors (Lipinski definition) is 7. The highest BCUT2D eigenvalue weighted by atomic mass is 19.3. The minimum Gasteiger partial charge on any atom is -0.389 e. The molecule has 5 fully saturated rings. The van der Waals surface area contributed by atoms with Crippen LogP contribution < -0.4 is 10.6 Å². The highest BCUT2D eigenvalue weighted by Gasteiger charge is 2.62. The summed E-state index contributed by atoms with van der Waals surface area (Å²) in [4.78, 5) is 15.8. The second-order valence-corrected chi connectivity index (χ2v) is 11.7. The van der Waals surface area contributed by atoms with Crippen molar-refractivity contribution < 1.29 is 13.9 Å². The maximum absolute atomic E-state index is 14.0. The molecular weight excluding hydrogens is 466 g/mol. The van der Waals surface area contributed by atoms with E-state index in [4.69, 9.17) is 9.97 Å². The number of rotatable bonds is 6. The minimum absolute atomic E-state index is 0.136. The molecule has 0 amide bonds. The van der Waals surface area contributed by atoms with Gasteiger partial charge in [-0.25, -0.2) is 13.8 Å². The van der Waals surface area contributed by atoms with Gasteiger partial charge in [-0.3, -0.25) is 4.90 Å². The molecule has 192 valence electrons. The Morgan fingerprint density at radius 1 is 1.17 bits per heavy atom. The van der Waals surface area contributed by atoms with E-state index in [9.17, 15) is 13.9 Å². The number of nitrogens with zero attached hydrogens (tertiary/aromatic N) is 6. The van der Waals surface area contributed by atoms with E-state index in [0.29, 0.717) is 41.6 Å². The molecule has 0 radical (unpaired) electrons. The molecule has 5 aliphatic rings. The summed E-state index contributed by atoms with van der Waals surface area (Å²) < 4.78 is 31.9. The smallest absolute Gasteiger partial charge is 0.262 e. The first kappa shape index (κ1) is 22.4. The van der Waals surface area contributed by atoms with Crippen molar-refractivity contribution >= 4 is 28.6 Å². The third-order valence-corrected chi connectivity index (χ3v) is 9.02. The number of aliphatic hydroxyl groups is 1. The number of aryl methyl sites for hydroxylation is 1. The van der Waals surface area contributed by atoms with E-state index in [-0.39, 0.29) is 31.0 Å². The summed E-state index contributed by atoms with van der Waals surface area (Å²) >= 11 is 0. The van der Waals surface area contributed by atoms with Gasteiger partial charge in [-0.2, -0.15) is 9.97 Å². The topological polar surface area (TPSA) is 96.1 Å². The van der Waals surface area contributed by atoms with E-state index < -0.39 is 11.5 Å². The predicted molar refractivity (Wildman–Crippen MR) is 131 cm³/mol. The van der Waals surface area contributed by atoms with E-state index in [1.807, 2.05) is 34.6 Å². The van der Waals surface area contributed by atoms with Gasteiger partial charge in [-0.05, 0) is 50.6 Å². The van der Waals surface area contributed by atoms with E-state index in [1.54, 1.807) is 18.3 Å². The van der Waals surface area contributed by atoms with Crippen LogP contribution in [0.1, 0.15) is 32.1 Å². The van der Waals surface area contributed by atoms with Crippen LogP contribution in [-0.4, -0.2) is 71.3 Å². The van der Waals surface area contributed by atoms with E-state index in [2.05, 4.69) is 15.6 Å². The van der Waals surface area contributed by atoms with Gasteiger partial charge in [0.25, 0.3) is 5.92 Å². The summed E-state index contributed by atoms with van der Waals surface area (Å²) in [5.74, 6) is 0.372. The van der Waals surface area contributed by atoms with E-state index in [0.717, 1.165) is 31.1 Å². The molecule has 4 saturated carbocycles. The third kappa shape index (κ3) is 3.58. The van der Waals surface area contributed by atoms with Crippen molar-refractivity contribution in [3.05, 3.63) is 24.8 Å². The van der Waals surface area contributed by atoms with Crippen LogP contribution >= 0.6 is 0 Å². The zero-order valence-electron chi connectivity index (χ0n) is 20.5. The van der Waals surface area contributed by atoms with Crippen molar-refractivity contribution in [2.24, 2.45) is 24.8 Å². The molecule has 0 spiro atoms. The number of likely N-dealkylation sites (N-methyl/N-ethyl adjacent to an activating group) is 1. The number of imidazole rings is 1. The minimum atomic E-state index is -2.67.